The van der Waals surface area contributed by atoms with Crippen molar-refractivity contribution < 1.29 is 14.3 Å². The maximum absolute atomic E-state index is 13.2. The molecule has 0 fully saturated rings. The van der Waals surface area contributed by atoms with Crippen LogP contribution in [0.3, 0.4) is 0 Å². The Labute approximate surface area is 112 Å². The van der Waals surface area contributed by atoms with Gasteiger partial charge in [0, 0.05) is 30.9 Å². The predicted molar refractivity (Wildman–Crippen MR) is 75.8 cm³/mol. The molecule has 1 N–H and O–H groups in total. The van der Waals surface area contributed by atoms with E-state index < -0.39 is 5.97 Å². The van der Waals surface area contributed by atoms with Crippen LogP contribution in [-0.4, -0.2) is 24.7 Å². The van der Waals surface area contributed by atoms with Gasteiger partial charge in [-0.25, -0.2) is 9.18 Å². The van der Waals surface area contributed by atoms with Crippen molar-refractivity contribution in [2.45, 2.75) is 12.8 Å². The van der Waals surface area contributed by atoms with Crippen LogP contribution in [0.1, 0.15) is 18.4 Å². The fraction of sp³-hybridized carbons (Fsp3) is 0.267. The average Bonchev–Trinajstić information content (AvgIpc) is 2.36. The Hall–Kier alpha value is -2.10. The summed E-state index contributed by atoms with van der Waals surface area (Å²) in [6, 6.07) is 4.36. The molecule has 0 aromatic heterocycles. The molecule has 0 atom stereocenters. The number of carboxylic acid groups (broad SMARTS) is 1. The zero-order valence-corrected chi connectivity index (χ0v) is 11.0. The Morgan fingerprint density at radius 2 is 2.26 bits per heavy atom. The molecular weight excluding hydrogens is 245 g/mol. The SMILES string of the molecule is C=CCCCN(C)c1ccc(F)cc1/C=C/C(=O)O. The Morgan fingerprint density at radius 1 is 1.53 bits per heavy atom. The van der Waals surface area contributed by atoms with E-state index in [4.69, 9.17) is 5.11 Å². The summed E-state index contributed by atoms with van der Waals surface area (Å²) in [6.45, 7) is 4.46. The molecule has 0 aliphatic heterocycles. The predicted octanol–water partition coefficient (Wildman–Crippen LogP) is 3.33. The number of hydrogen-bond donors (Lipinski definition) is 1. The number of benzene rings is 1. The second-order valence-corrected chi connectivity index (χ2v) is 4.23. The van der Waals surface area contributed by atoms with Crippen LogP contribution in [0.25, 0.3) is 6.08 Å². The molecule has 19 heavy (non-hydrogen) atoms. The molecule has 0 aliphatic rings. The van der Waals surface area contributed by atoms with Crippen LogP contribution in [0.5, 0.6) is 0 Å². The number of carbonyl (C=O) groups is 1. The summed E-state index contributed by atoms with van der Waals surface area (Å²) in [5, 5.41) is 8.64. The maximum Gasteiger partial charge on any atom is 0.328 e. The topological polar surface area (TPSA) is 40.5 Å². The summed E-state index contributed by atoms with van der Waals surface area (Å²) in [7, 11) is 1.90. The lowest BCUT2D eigenvalue weighted by molar-refractivity contribution is -0.131. The molecule has 1 aromatic carbocycles. The summed E-state index contributed by atoms with van der Waals surface area (Å²) in [4.78, 5) is 12.5. The van der Waals surface area contributed by atoms with Gasteiger partial charge in [0.15, 0.2) is 0 Å². The van der Waals surface area contributed by atoms with Crippen LogP contribution in [-0.2, 0) is 4.79 Å². The Morgan fingerprint density at radius 3 is 2.89 bits per heavy atom. The van der Waals surface area contributed by atoms with Crippen LogP contribution < -0.4 is 4.90 Å². The molecule has 1 aromatic rings. The second kappa shape index (κ2) is 7.36. The highest BCUT2D eigenvalue weighted by Gasteiger charge is 2.07. The van der Waals surface area contributed by atoms with Gasteiger partial charge in [-0.05, 0) is 37.1 Å². The van der Waals surface area contributed by atoms with E-state index in [1.54, 1.807) is 6.07 Å². The molecule has 0 aliphatic carbocycles. The second-order valence-electron chi connectivity index (χ2n) is 4.23. The zero-order chi connectivity index (χ0) is 14.3. The molecule has 3 nitrogen and oxygen atoms in total. The van der Waals surface area contributed by atoms with E-state index in [1.807, 2.05) is 18.0 Å². The number of rotatable bonds is 7. The van der Waals surface area contributed by atoms with Gasteiger partial charge in [-0.3, -0.25) is 0 Å². The first-order chi connectivity index (χ1) is 9.04. The molecule has 1 rings (SSSR count). The van der Waals surface area contributed by atoms with Crippen LogP contribution in [0, 0.1) is 5.82 Å². The van der Waals surface area contributed by atoms with Gasteiger partial charge in [-0.1, -0.05) is 6.08 Å². The molecule has 0 bridgehead atoms. The Balaban J connectivity index is 2.92. The van der Waals surface area contributed by atoms with E-state index in [2.05, 4.69) is 6.58 Å². The van der Waals surface area contributed by atoms with Crippen molar-refractivity contribution in [3.8, 4) is 0 Å². The van der Waals surface area contributed by atoms with E-state index in [1.165, 1.54) is 18.2 Å². The van der Waals surface area contributed by atoms with Crippen molar-refractivity contribution in [2.75, 3.05) is 18.5 Å². The van der Waals surface area contributed by atoms with Gasteiger partial charge in [0.05, 0.1) is 0 Å². The van der Waals surface area contributed by atoms with Gasteiger partial charge < -0.3 is 10.0 Å². The molecule has 0 unspecified atom stereocenters. The number of anilines is 1. The first kappa shape index (κ1) is 15.0. The van der Waals surface area contributed by atoms with Gasteiger partial charge in [-0.2, -0.15) is 0 Å². The van der Waals surface area contributed by atoms with Crippen molar-refractivity contribution >= 4 is 17.7 Å². The van der Waals surface area contributed by atoms with Crippen LogP contribution in [0.4, 0.5) is 10.1 Å². The van der Waals surface area contributed by atoms with Gasteiger partial charge in [0.25, 0.3) is 0 Å². The molecule has 4 heteroatoms. The number of allylic oxidation sites excluding steroid dienone is 1. The number of nitrogens with zero attached hydrogens (tertiary/aromatic N) is 1. The summed E-state index contributed by atoms with van der Waals surface area (Å²) in [6.07, 6.45) is 6.12. The highest BCUT2D eigenvalue weighted by atomic mass is 19.1. The molecule has 102 valence electrons. The molecule has 0 saturated heterocycles. The third kappa shape index (κ3) is 4.95. The summed E-state index contributed by atoms with van der Waals surface area (Å²) < 4.78 is 13.2. The number of halogens is 1. The van der Waals surface area contributed by atoms with Crippen LogP contribution in [0.2, 0.25) is 0 Å². The molecule has 0 spiro atoms. The molecular formula is C15H18FNO2. The van der Waals surface area contributed by atoms with E-state index in [0.29, 0.717) is 5.56 Å². The molecule has 0 amide bonds. The number of hydrogen-bond acceptors (Lipinski definition) is 2. The van der Waals surface area contributed by atoms with Crippen LogP contribution >= 0.6 is 0 Å². The van der Waals surface area contributed by atoms with Crippen molar-refractivity contribution in [1.82, 2.24) is 0 Å². The van der Waals surface area contributed by atoms with Gasteiger partial charge in [0.2, 0.25) is 0 Å². The summed E-state index contributed by atoms with van der Waals surface area (Å²) >= 11 is 0. The van der Waals surface area contributed by atoms with Crippen molar-refractivity contribution in [2.24, 2.45) is 0 Å². The van der Waals surface area contributed by atoms with Crippen LogP contribution in [0.15, 0.2) is 36.9 Å². The smallest absolute Gasteiger partial charge is 0.328 e. The number of unbranched alkanes of at least 4 members (excludes halogenated alkanes) is 1. The summed E-state index contributed by atoms with van der Waals surface area (Å²) in [5.74, 6) is -1.43. The van der Waals surface area contributed by atoms with Crippen molar-refractivity contribution in [3.05, 3.63) is 48.3 Å². The lowest BCUT2D eigenvalue weighted by Gasteiger charge is -2.21. The Bertz CT molecular complexity index is 483. The largest absolute Gasteiger partial charge is 0.478 e. The minimum Gasteiger partial charge on any atom is -0.478 e. The average molecular weight is 263 g/mol. The normalized spacial score (nSPS) is 10.6. The lowest BCUT2D eigenvalue weighted by Crippen LogP contribution is -2.19. The van der Waals surface area contributed by atoms with E-state index >= 15 is 0 Å². The number of aliphatic carboxylic acids is 1. The lowest BCUT2D eigenvalue weighted by atomic mass is 10.1. The summed E-state index contributed by atoms with van der Waals surface area (Å²) in [5.41, 5.74) is 1.37. The van der Waals surface area contributed by atoms with E-state index in [-0.39, 0.29) is 5.82 Å². The minimum absolute atomic E-state index is 0.381. The van der Waals surface area contributed by atoms with Gasteiger partial charge in [0.1, 0.15) is 5.82 Å². The number of carboxylic acids is 1. The standard InChI is InChI=1S/C15H18FNO2/c1-3-4-5-10-17(2)14-8-7-13(16)11-12(14)6-9-15(18)19/h3,6-9,11H,1,4-5,10H2,2H3,(H,18,19)/b9-6+. The quantitative estimate of drug-likeness (QED) is 0.466. The maximum atomic E-state index is 13.2. The third-order valence-electron chi connectivity index (χ3n) is 2.71. The first-order valence-electron chi connectivity index (χ1n) is 6.07. The monoisotopic (exact) mass is 263 g/mol. The van der Waals surface area contributed by atoms with Gasteiger partial charge >= 0.3 is 5.97 Å². The highest BCUT2D eigenvalue weighted by molar-refractivity contribution is 5.87. The van der Waals surface area contributed by atoms with Gasteiger partial charge in [-0.15, -0.1) is 6.58 Å². The van der Waals surface area contributed by atoms with Crippen molar-refractivity contribution in [3.63, 3.8) is 0 Å². The van der Waals surface area contributed by atoms with E-state index in [9.17, 15) is 9.18 Å². The fourth-order valence-electron chi connectivity index (χ4n) is 1.76. The third-order valence-corrected chi connectivity index (χ3v) is 2.71. The Kier molecular flexibility index (Phi) is 5.79. The molecule has 0 saturated carbocycles. The van der Waals surface area contributed by atoms with Crippen molar-refractivity contribution in [1.29, 1.82) is 0 Å². The molecule has 0 heterocycles. The first-order valence-corrected chi connectivity index (χ1v) is 6.07. The molecule has 0 radical (unpaired) electrons. The minimum atomic E-state index is -1.05. The highest BCUT2D eigenvalue weighted by Crippen LogP contribution is 2.22. The fourth-order valence-corrected chi connectivity index (χ4v) is 1.76. The van der Waals surface area contributed by atoms with E-state index in [0.717, 1.165) is 31.1 Å². The zero-order valence-electron chi connectivity index (χ0n) is 11.0.